The minimum absolute atomic E-state index is 0.0416. The standard InChI is InChI=1S/C20H12Br2N4/c21-14-5-1-3-12(7-14)17-16(9-23)19(26)20(10-24,11-25)18(17)13-4-2-6-15(22)8-13/h1-8,17-18H,26H2/t17-,18-/m0/s1. The summed E-state index contributed by atoms with van der Waals surface area (Å²) in [6.45, 7) is 0. The Morgan fingerprint density at radius 2 is 1.42 bits per heavy atom. The summed E-state index contributed by atoms with van der Waals surface area (Å²) >= 11 is 6.89. The molecular formula is C20H12Br2N4. The van der Waals surface area contributed by atoms with E-state index in [2.05, 4.69) is 50.1 Å². The van der Waals surface area contributed by atoms with Crippen molar-refractivity contribution in [2.75, 3.05) is 0 Å². The summed E-state index contributed by atoms with van der Waals surface area (Å²) in [6.07, 6.45) is 0. The van der Waals surface area contributed by atoms with Crippen molar-refractivity contribution in [3.05, 3.63) is 79.9 Å². The molecule has 0 amide bonds. The van der Waals surface area contributed by atoms with Crippen LogP contribution in [-0.2, 0) is 0 Å². The van der Waals surface area contributed by atoms with Crippen LogP contribution in [0.25, 0.3) is 0 Å². The third-order valence-corrected chi connectivity index (χ3v) is 5.70. The van der Waals surface area contributed by atoms with Gasteiger partial charge in [0.2, 0.25) is 0 Å². The first-order chi connectivity index (χ1) is 12.5. The van der Waals surface area contributed by atoms with Gasteiger partial charge in [-0.25, -0.2) is 0 Å². The Hall–Kier alpha value is -2.59. The third-order valence-electron chi connectivity index (χ3n) is 4.71. The van der Waals surface area contributed by atoms with Gasteiger partial charge in [-0.1, -0.05) is 56.1 Å². The fourth-order valence-electron chi connectivity index (χ4n) is 3.58. The molecule has 126 valence electrons. The summed E-state index contributed by atoms with van der Waals surface area (Å²) in [5.74, 6) is -1.06. The van der Waals surface area contributed by atoms with Crippen LogP contribution in [0, 0.1) is 39.4 Å². The topological polar surface area (TPSA) is 97.4 Å². The molecule has 1 aliphatic carbocycles. The van der Waals surface area contributed by atoms with E-state index in [4.69, 9.17) is 5.73 Å². The molecule has 2 aromatic rings. The lowest BCUT2D eigenvalue weighted by atomic mass is 9.70. The largest absolute Gasteiger partial charge is 0.399 e. The second kappa shape index (κ2) is 6.96. The molecule has 0 radical (unpaired) electrons. The molecule has 6 heteroatoms. The zero-order valence-electron chi connectivity index (χ0n) is 13.4. The highest BCUT2D eigenvalue weighted by Crippen LogP contribution is 2.58. The summed E-state index contributed by atoms with van der Waals surface area (Å²) in [5.41, 5.74) is 6.54. The molecule has 1 aliphatic rings. The highest BCUT2D eigenvalue weighted by atomic mass is 79.9. The highest BCUT2D eigenvalue weighted by Gasteiger charge is 2.56. The fraction of sp³-hybridized carbons (Fsp3) is 0.150. The SMILES string of the molecule is N#CC1=C(N)C(C#N)(C#N)[C@@H](c2cccc(Br)c2)[C@H]1c1cccc(Br)c1. The van der Waals surface area contributed by atoms with E-state index in [9.17, 15) is 15.8 Å². The lowest BCUT2D eigenvalue weighted by Gasteiger charge is -2.28. The van der Waals surface area contributed by atoms with Gasteiger partial charge in [-0.05, 0) is 35.4 Å². The molecule has 2 N–H and O–H groups in total. The summed E-state index contributed by atoms with van der Waals surface area (Å²) in [7, 11) is 0. The quantitative estimate of drug-likeness (QED) is 0.681. The number of allylic oxidation sites excluding steroid dienone is 2. The number of hydrogen-bond donors (Lipinski definition) is 1. The van der Waals surface area contributed by atoms with Gasteiger partial charge < -0.3 is 5.73 Å². The molecule has 0 saturated carbocycles. The van der Waals surface area contributed by atoms with E-state index in [0.717, 1.165) is 20.1 Å². The van der Waals surface area contributed by atoms with Gasteiger partial charge in [-0.15, -0.1) is 0 Å². The van der Waals surface area contributed by atoms with Gasteiger partial charge in [0.1, 0.15) is 0 Å². The van der Waals surface area contributed by atoms with Gasteiger partial charge in [0.15, 0.2) is 5.41 Å². The van der Waals surface area contributed by atoms with Crippen LogP contribution in [0.3, 0.4) is 0 Å². The number of nitriles is 3. The van der Waals surface area contributed by atoms with Gasteiger partial charge in [0.25, 0.3) is 0 Å². The number of rotatable bonds is 2. The van der Waals surface area contributed by atoms with Crippen molar-refractivity contribution in [3.63, 3.8) is 0 Å². The maximum atomic E-state index is 9.90. The van der Waals surface area contributed by atoms with Gasteiger partial charge in [-0.2, -0.15) is 15.8 Å². The first kappa shape index (κ1) is 18.2. The van der Waals surface area contributed by atoms with Gasteiger partial charge in [0.05, 0.1) is 29.5 Å². The van der Waals surface area contributed by atoms with Crippen LogP contribution in [0.4, 0.5) is 0 Å². The van der Waals surface area contributed by atoms with Crippen LogP contribution in [0.1, 0.15) is 23.0 Å². The fourth-order valence-corrected chi connectivity index (χ4v) is 4.41. The van der Waals surface area contributed by atoms with E-state index in [1.54, 1.807) is 0 Å². The van der Waals surface area contributed by atoms with E-state index in [-0.39, 0.29) is 11.3 Å². The molecule has 4 nitrogen and oxygen atoms in total. The van der Waals surface area contributed by atoms with Crippen LogP contribution in [0.15, 0.2) is 68.7 Å². The minimum atomic E-state index is -1.60. The van der Waals surface area contributed by atoms with Gasteiger partial charge in [0, 0.05) is 20.8 Å². The molecule has 0 bridgehead atoms. The average Bonchev–Trinajstić information content (AvgIpc) is 2.90. The van der Waals surface area contributed by atoms with Crippen molar-refractivity contribution in [1.29, 1.82) is 15.8 Å². The highest BCUT2D eigenvalue weighted by molar-refractivity contribution is 9.10. The minimum Gasteiger partial charge on any atom is -0.399 e. The molecule has 0 aromatic heterocycles. The Bertz CT molecular complexity index is 1020. The van der Waals surface area contributed by atoms with Crippen molar-refractivity contribution in [2.24, 2.45) is 11.1 Å². The second-order valence-corrected chi connectivity index (χ2v) is 7.87. The second-order valence-electron chi connectivity index (χ2n) is 6.04. The summed E-state index contributed by atoms with van der Waals surface area (Å²) in [4.78, 5) is 0. The zero-order valence-corrected chi connectivity index (χ0v) is 16.6. The van der Waals surface area contributed by atoms with E-state index in [0.29, 0.717) is 0 Å². The molecule has 0 aliphatic heterocycles. The predicted molar refractivity (Wildman–Crippen MR) is 104 cm³/mol. The summed E-state index contributed by atoms with van der Waals surface area (Å²) in [6, 6.07) is 21.3. The Morgan fingerprint density at radius 1 is 0.885 bits per heavy atom. The number of halogens is 2. The Labute approximate surface area is 168 Å². The number of nitrogens with two attached hydrogens (primary N) is 1. The predicted octanol–water partition coefficient (Wildman–Crippen LogP) is 4.86. The van der Waals surface area contributed by atoms with E-state index in [1.165, 1.54) is 0 Å². The molecule has 0 spiro atoms. The maximum absolute atomic E-state index is 9.90. The third kappa shape index (κ3) is 2.71. The first-order valence-corrected chi connectivity index (χ1v) is 9.30. The summed E-state index contributed by atoms with van der Waals surface area (Å²) < 4.78 is 1.68. The molecule has 26 heavy (non-hydrogen) atoms. The molecule has 0 fully saturated rings. The maximum Gasteiger partial charge on any atom is 0.191 e. The zero-order chi connectivity index (χ0) is 18.9. The number of hydrogen-bond acceptors (Lipinski definition) is 4. The lowest BCUT2D eigenvalue weighted by molar-refractivity contribution is 0.475. The average molecular weight is 468 g/mol. The molecular weight excluding hydrogens is 456 g/mol. The molecule has 3 rings (SSSR count). The van der Waals surface area contributed by atoms with E-state index in [1.807, 2.05) is 48.5 Å². The molecule has 0 saturated heterocycles. The monoisotopic (exact) mass is 466 g/mol. The van der Waals surface area contributed by atoms with Crippen LogP contribution in [-0.4, -0.2) is 0 Å². The van der Waals surface area contributed by atoms with Crippen LogP contribution >= 0.6 is 31.9 Å². The first-order valence-electron chi connectivity index (χ1n) is 7.72. The van der Waals surface area contributed by atoms with Crippen LogP contribution in [0.5, 0.6) is 0 Å². The smallest absolute Gasteiger partial charge is 0.191 e. The number of nitrogens with zero attached hydrogens (tertiary/aromatic N) is 3. The Balaban J connectivity index is 2.34. The van der Waals surface area contributed by atoms with Crippen molar-refractivity contribution >= 4 is 31.9 Å². The number of benzene rings is 2. The van der Waals surface area contributed by atoms with Crippen molar-refractivity contribution in [1.82, 2.24) is 0 Å². The Morgan fingerprint density at radius 3 is 1.92 bits per heavy atom. The van der Waals surface area contributed by atoms with E-state index >= 15 is 0 Å². The van der Waals surface area contributed by atoms with Crippen LogP contribution < -0.4 is 5.73 Å². The normalized spacial score (nSPS) is 20.9. The molecule has 0 heterocycles. The van der Waals surface area contributed by atoms with Crippen LogP contribution in [0.2, 0.25) is 0 Å². The van der Waals surface area contributed by atoms with Gasteiger partial charge >= 0.3 is 0 Å². The lowest BCUT2D eigenvalue weighted by Crippen LogP contribution is -2.29. The molecule has 2 atom stereocenters. The molecule has 0 unspecified atom stereocenters. The molecule has 2 aromatic carbocycles. The summed E-state index contributed by atoms with van der Waals surface area (Å²) in [5, 5.41) is 29.6. The van der Waals surface area contributed by atoms with Crippen molar-refractivity contribution < 1.29 is 0 Å². The van der Waals surface area contributed by atoms with E-state index < -0.39 is 17.3 Å². The van der Waals surface area contributed by atoms with Crippen molar-refractivity contribution in [3.8, 4) is 18.2 Å². The van der Waals surface area contributed by atoms with Gasteiger partial charge in [-0.3, -0.25) is 0 Å². The Kier molecular flexibility index (Phi) is 4.88. The van der Waals surface area contributed by atoms with Crippen molar-refractivity contribution in [2.45, 2.75) is 11.8 Å².